The average molecular weight is 283 g/mol. The van der Waals surface area contributed by atoms with Gasteiger partial charge in [0.1, 0.15) is 5.78 Å². The largest absolute Gasteiger partial charge is 0.378 e. The van der Waals surface area contributed by atoms with E-state index in [1.165, 1.54) is 32.1 Å². The Labute approximate surface area is 122 Å². The minimum atomic E-state index is -0.0266. The molecule has 0 bridgehead atoms. The maximum Gasteiger partial charge on any atom is 0.230 e. The standard InChI is InChI=1S/C16H29NO3/c1-2-3-4-5-6-7-8-9-15(18)14-16(19)17-10-12-20-13-11-17/h2-14H2,1H3. The Balaban J connectivity index is 2.00. The fourth-order valence-corrected chi connectivity index (χ4v) is 2.46. The van der Waals surface area contributed by atoms with Gasteiger partial charge in [-0.15, -0.1) is 0 Å². The van der Waals surface area contributed by atoms with Gasteiger partial charge in [-0.3, -0.25) is 9.59 Å². The zero-order valence-electron chi connectivity index (χ0n) is 12.9. The third kappa shape index (κ3) is 7.63. The van der Waals surface area contributed by atoms with Gasteiger partial charge < -0.3 is 9.64 Å². The number of ether oxygens (including phenoxy) is 1. The quantitative estimate of drug-likeness (QED) is 0.457. The number of amides is 1. The predicted molar refractivity (Wildman–Crippen MR) is 79.6 cm³/mol. The number of rotatable bonds is 10. The van der Waals surface area contributed by atoms with Crippen LogP contribution in [0, 0.1) is 0 Å². The van der Waals surface area contributed by atoms with Crippen LogP contribution in [0.25, 0.3) is 0 Å². The summed E-state index contributed by atoms with van der Waals surface area (Å²) in [6.07, 6.45) is 9.05. The van der Waals surface area contributed by atoms with Crippen LogP contribution in [0.3, 0.4) is 0 Å². The summed E-state index contributed by atoms with van der Waals surface area (Å²) in [7, 11) is 0. The molecule has 4 heteroatoms. The number of ketones is 1. The predicted octanol–water partition coefficient (Wildman–Crippen LogP) is 2.95. The van der Waals surface area contributed by atoms with E-state index in [-0.39, 0.29) is 18.1 Å². The van der Waals surface area contributed by atoms with Gasteiger partial charge in [-0.2, -0.15) is 0 Å². The summed E-state index contributed by atoms with van der Waals surface area (Å²) >= 11 is 0. The summed E-state index contributed by atoms with van der Waals surface area (Å²) in [5, 5.41) is 0. The van der Waals surface area contributed by atoms with E-state index in [4.69, 9.17) is 4.74 Å². The monoisotopic (exact) mass is 283 g/mol. The van der Waals surface area contributed by atoms with Crippen LogP contribution in [-0.2, 0) is 14.3 Å². The second-order valence-corrected chi connectivity index (χ2v) is 5.58. The number of carbonyl (C=O) groups is 2. The average Bonchev–Trinajstić information content (AvgIpc) is 2.47. The first kappa shape index (κ1) is 17.2. The van der Waals surface area contributed by atoms with Crippen molar-refractivity contribution in [3.05, 3.63) is 0 Å². The van der Waals surface area contributed by atoms with Crippen molar-refractivity contribution >= 4 is 11.7 Å². The Bertz CT molecular complexity index is 285. The van der Waals surface area contributed by atoms with Crippen LogP contribution in [0.15, 0.2) is 0 Å². The summed E-state index contributed by atoms with van der Waals surface area (Å²) in [5.41, 5.74) is 0. The molecule has 1 saturated heterocycles. The maximum atomic E-state index is 11.9. The summed E-state index contributed by atoms with van der Waals surface area (Å²) in [6, 6.07) is 0. The van der Waals surface area contributed by atoms with Gasteiger partial charge in [-0.25, -0.2) is 0 Å². The van der Waals surface area contributed by atoms with Crippen molar-refractivity contribution in [2.24, 2.45) is 0 Å². The first-order valence-electron chi connectivity index (χ1n) is 8.11. The molecule has 0 aromatic heterocycles. The zero-order chi connectivity index (χ0) is 14.6. The lowest BCUT2D eigenvalue weighted by molar-refractivity contribution is -0.138. The van der Waals surface area contributed by atoms with Crippen molar-refractivity contribution in [3.63, 3.8) is 0 Å². The molecule has 0 N–H and O–H groups in total. The molecule has 0 aromatic carbocycles. The lowest BCUT2D eigenvalue weighted by Gasteiger charge is -2.26. The lowest BCUT2D eigenvalue weighted by Crippen LogP contribution is -2.41. The van der Waals surface area contributed by atoms with Gasteiger partial charge in [0.15, 0.2) is 0 Å². The smallest absolute Gasteiger partial charge is 0.230 e. The molecule has 4 nitrogen and oxygen atoms in total. The molecule has 1 aliphatic heterocycles. The molecule has 1 aliphatic rings. The molecule has 0 radical (unpaired) electrons. The summed E-state index contributed by atoms with van der Waals surface area (Å²) < 4.78 is 5.20. The Morgan fingerprint density at radius 2 is 1.55 bits per heavy atom. The fraction of sp³-hybridized carbons (Fsp3) is 0.875. The van der Waals surface area contributed by atoms with Gasteiger partial charge in [-0.05, 0) is 6.42 Å². The van der Waals surface area contributed by atoms with E-state index < -0.39 is 0 Å². The van der Waals surface area contributed by atoms with E-state index in [1.54, 1.807) is 4.90 Å². The molecule has 1 amide bonds. The highest BCUT2D eigenvalue weighted by Gasteiger charge is 2.19. The summed E-state index contributed by atoms with van der Waals surface area (Å²) in [4.78, 5) is 25.4. The SMILES string of the molecule is CCCCCCCCCC(=O)CC(=O)N1CCOCC1. The summed E-state index contributed by atoms with van der Waals surface area (Å²) in [5.74, 6) is 0.0660. The van der Waals surface area contributed by atoms with Crippen LogP contribution < -0.4 is 0 Å². The molecule has 0 spiro atoms. The van der Waals surface area contributed by atoms with Gasteiger partial charge in [0.25, 0.3) is 0 Å². The first-order valence-corrected chi connectivity index (χ1v) is 8.11. The van der Waals surface area contributed by atoms with Gasteiger partial charge in [-0.1, -0.05) is 45.4 Å². The molecule has 0 aromatic rings. The van der Waals surface area contributed by atoms with Gasteiger partial charge in [0.2, 0.25) is 5.91 Å². The number of Topliss-reactive ketones (excluding diaryl/α,β-unsaturated/α-hetero) is 1. The molecule has 0 saturated carbocycles. The van der Waals surface area contributed by atoms with Crippen molar-refractivity contribution in [1.82, 2.24) is 4.90 Å². The van der Waals surface area contributed by atoms with Crippen LogP contribution in [0.5, 0.6) is 0 Å². The lowest BCUT2D eigenvalue weighted by atomic mass is 10.1. The minimum absolute atomic E-state index is 0.0266. The van der Waals surface area contributed by atoms with Crippen LogP contribution >= 0.6 is 0 Å². The normalized spacial score (nSPS) is 15.3. The Morgan fingerprint density at radius 3 is 2.20 bits per heavy atom. The topological polar surface area (TPSA) is 46.6 Å². The van der Waals surface area contributed by atoms with E-state index in [2.05, 4.69) is 6.92 Å². The number of hydrogen-bond donors (Lipinski definition) is 0. The van der Waals surface area contributed by atoms with Crippen molar-refractivity contribution in [1.29, 1.82) is 0 Å². The van der Waals surface area contributed by atoms with Crippen LogP contribution in [-0.4, -0.2) is 42.9 Å². The van der Waals surface area contributed by atoms with E-state index in [0.717, 1.165) is 12.8 Å². The molecule has 20 heavy (non-hydrogen) atoms. The molecule has 116 valence electrons. The van der Waals surface area contributed by atoms with E-state index >= 15 is 0 Å². The van der Waals surface area contributed by atoms with Crippen LogP contribution in [0.1, 0.15) is 64.7 Å². The number of nitrogens with zero attached hydrogens (tertiary/aromatic N) is 1. The minimum Gasteiger partial charge on any atom is -0.378 e. The summed E-state index contributed by atoms with van der Waals surface area (Å²) in [6.45, 7) is 4.66. The molecule has 0 aliphatic carbocycles. The van der Waals surface area contributed by atoms with Gasteiger partial charge in [0.05, 0.1) is 19.6 Å². The third-order valence-corrected chi connectivity index (χ3v) is 3.77. The van der Waals surface area contributed by atoms with Crippen molar-refractivity contribution in [3.8, 4) is 0 Å². The highest BCUT2D eigenvalue weighted by molar-refractivity contribution is 5.98. The number of hydrogen-bond acceptors (Lipinski definition) is 3. The Morgan fingerprint density at radius 1 is 0.950 bits per heavy atom. The van der Waals surface area contributed by atoms with Crippen molar-refractivity contribution in [2.75, 3.05) is 26.3 Å². The Hall–Kier alpha value is -0.900. The number of carbonyl (C=O) groups excluding carboxylic acids is 2. The van der Waals surface area contributed by atoms with Crippen LogP contribution in [0.2, 0.25) is 0 Å². The molecular weight excluding hydrogens is 254 g/mol. The van der Waals surface area contributed by atoms with Gasteiger partial charge >= 0.3 is 0 Å². The van der Waals surface area contributed by atoms with E-state index in [0.29, 0.717) is 32.7 Å². The van der Waals surface area contributed by atoms with Gasteiger partial charge in [0, 0.05) is 19.5 Å². The molecule has 1 fully saturated rings. The zero-order valence-corrected chi connectivity index (χ0v) is 12.9. The highest BCUT2D eigenvalue weighted by atomic mass is 16.5. The van der Waals surface area contributed by atoms with Crippen molar-refractivity contribution < 1.29 is 14.3 Å². The number of morpholine rings is 1. The maximum absolute atomic E-state index is 11.9. The van der Waals surface area contributed by atoms with E-state index in [9.17, 15) is 9.59 Å². The fourth-order valence-electron chi connectivity index (χ4n) is 2.46. The first-order chi connectivity index (χ1) is 9.74. The number of unbranched alkanes of at least 4 members (excludes halogenated alkanes) is 6. The van der Waals surface area contributed by atoms with Crippen LogP contribution in [0.4, 0.5) is 0 Å². The van der Waals surface area contributed by atoms with Crippen molar-refractivity contribution in [2.45, 2.75) is 64.7 Å². The Kier molecular flexibility index (Phi) is 9.29. The second kappa shape index (κ2) is 10.8. The molecule has 1 heterocycles. The molecule has 0 atom stereocenters. The molecular formula is C16H29NO3. The van der Waals surface area contributed by atoms with E-state index in [1.807, 2.05) is 0 Å². The second-order valence-electron chi connectivity index (χ2n) is 5.58. The third-order valence-electron chi connectivity index (χ3n) is 3.77. The molecule has 0 unspecified atom stereocenters. The highest BCUT2D eigenvalue weighted by Crippen LogP contribution is 2.10. The molecule has 1 rings (SSSR count).